The van der Waals surface area contributed by atoms with E-state index in [-0.39, 0.29) is 42.7 Å². The highest BCUT2D eigenvalue weighted by Crippen LogP contribution is 2.42. The predicted molar refractivity (Wildman–Crippen MR) is 267 cm³/mol. The minimum Gasteiger partial charge on any atom is -0.456 e. The molecule has 0 aliphatic carbocycles. The van der Waals surface area contributed by atoms with Gasteiger partial charge in [-0.05, 0) is 48.2 Å². The van der Waals surface area contributed by atoms with Crippen LogP contribution in [0.1, 0.15) is 69.0 Å². The number of H-pyrrole nitrogens is 2. The Bertz CT molecular complexity index is 3350. The second-order valence-electron chi connectivity index (χ2n) is 17.8. The van der Waals surface area contributed by atoms with Crippen molar-refractivity contribution in [2.24, 2.45) is 0 Å². The maximum Gasteiger partial charge on any atom is 0.425 e. The molecule has 0 bridgehead atoms. The van der Waals surface area contributed by atoms with Crippen LogP contribution in [0.25, 0.3) is 0 Å². The second kappa shape index (κ2) is 22.0. The van der Waals surface area contributed by atoms with Gasteiger partial charge in [0.25, 0.3) is 11.1 Å². The van der Waals surface area contributed by atoms with Gasteiger partial charge in [-0.2, -0.15) is 12.7 Å². The summed E-state index contributed by atoms with van der Waals surface area (Å²) in [7, 11) is -5.34. The molecule has 0 radical (unpaired) electrons. The van der Waals surface area contributed by atoms with Crippen molar-refractivity contribution in [3.63, 3.8) is 0 Å². The van der Waals surface area contributed by atoms with E-state index < -0.39 is 93.9 Å². The van der Waals surface area contributed by atoms with Crippen molar-refractivity contribution in [1.82, 2.24) is 23.4 Å². The molecule has 0 saturated carbocycles. The molecular formula is C54H51N5O14S. The number of carbonyl (C=O) groups is 2. The Kier molecular flexibility index (Phi) is 15.1. The molecule has 382 valence electrons. The predicted octanol–water partition coefficient (Wildman–Crippen LogP) is 5.78. The standard InChI is InChI=1S/C54H51N5O14S/c1-35-30-57(51(63)55-48(35)60)46-28-42(72-50(62)38-20-10-4-11-21-38)44(70-46)32-59(53(65)68-33-37-18-8-3-9-19-37)74(66,67)73-43-29-47(58-31-36(2)49(61)56-52(58)64)71-45(43)34-69-54(39-22-12-5-13-23-39,40-24-14-6-15-25-40)41-26-16-7-17-27-41/h3-27,30-31,42-47H,28-29,32-34H2,1-2H3,(H,55,60,63)(H,56,61,64)/t42-,43-,44+,45+,46+,47+/m0/s1. The molecule has 5 aromatic carbocycles. The Morgan fingerprint density at radius 1 is 0.635 bits per heavy atom. The Hall–Kier alpha value is -8.01. The zero-order valence-electron chi connectivity index (χ0n) is 40.1. The van der Waals surface area contributed by atoms with E-state index in [1.165, 1.54) is 38.4 Å². The number of esters is 1. The number of aromatic nitrogens is 4. The smallest absolute Gasteiger partial charge is 0.425 e. The average molecular weight is 1030 g/mol. The van der Waals surface area contributed by atoms with Gasteiger partial charge in [0.05, 0.1) is 18.7 Å². The number of rotatable bonds is 17. The SMILES string of the molecule is Cc1cn([C@H]2C[C@H](OC(=O)c3ccccc3)[C@@H](CN(C(=O)OCc3ccccc3)S(=O)(=O)O[C@H]3C[C@H](n4cc(C)c(=O)[nH]c4=O)O[C@@H]3COC(c3ccccc3)(c3ccccc3)c3ccccc3)O2)c(=O)[nH]c1=O. The van der Waals surface area contributed by atoms with Crippen molar-refractivity contribution < 1.29 is 45.9 Å². The summed E-state index contributed by atoms with van der Waals surface area (Å²) >= 11 is 0. The summed E-state index contributed by atoms with van der Waals surface area (Å²) in [6.45, 7) is 1.33. The molecule has 0 unspecified atom stereocenters. The Labute approximate surface area is 423 Å². The molecule has 74 heavy (non-hydrogen) atoms. The van der Waals surface area contributed by atoms with E-state index in [1.54, 1.807) is 48.5 Å². The summed E-state index contributed by atoms with van der Waals surface area (Å²) in [5.74, 6) is -0.811. The molecule has 2 aliphatic rings. The third kappa shape index (κ3) is 11.0. The quantitative estimate of drug-likeness (QED) is 0.0813. The minimum absolute atomic E-state index is 0.151. The van der Waals surface area contributed by atoms with Crippen LogP contribution >= 0.6 is 0 Å². The molecule has 9 rings (SSSR count). The zero-order chi connectivity index (χ0) is 52.0. The van der Waals surface area contributed by atoms with Crippen molar-refractivity contribution >= 4 is 22.4 Å². The van der Waals surface area contributed by atoms with E-state index in [4.69, 9.17) is 27.9 Å². The Balaban J connectivity index is 1.09. The van der Waals surface area contributed by atoms with Crippen LogP contribution in [0.2, 0.25) is 0 Å². The maximum absolute atomic E-state index is 15.1. The zero-order valence-corrected chi connectivity index (χ0v) is 40.9. The monoisotopic (exact) mass is 1030 g/mol. The first-order chi connectivity index (χ1) is 35.7. The summed E-state index contributed by atoms with van der Waals surface area (Å²) in [6.07, 6.45) is -7.44. The van der Waals surface area contributed by atoms with E-state index in [2.05, 4.69) is 9.97 Å². The van der Waals surface area contributed by atoms with Gasteiger partial charge in [-0.15, -0.1) is 0 Å². The van der Waals surface area contributed by atoms with E-state index in [9.17, 15) is 28.8 Å². The fourth-order valence-corrected chi connectivity index (χ4v) is 10.2. The fourth-order valence-electron chi connectivity index (χ4n) is 9.06. The molecule has 0 spiro atoms. The minimum atomic E-state index is -5.34. The number of aryl methyl sites for hydroxylation is 2. The first-order valence-corrected chi connectivity index (χ1v) is 25.0. The summed E-state index contributed by atoms with van der Waals surface area (Å²) < 4.78 is 70.2. The van der Waals surface area contributed by atoms with E-state index >= 15 is 8.42 Å². The van der Waals surface area contributed by atoms with Crippen LogP contribution in [0.3, 0.4) is 0 Å². The van der Waals surface area contributed by atoms with Gasteiger partial charge in [-0.25, -0.2) is 23.4 Å². The lowest BCUT2D eigenvalue weighted by Gasteiger charge is -2.37. The number of benzene rings is 5. The summed E-state index contributed by atoms with van der Waals surface area (Å²) in [5, 5.41) is 0. The van der Waals surface area contributed by atoms with Crippen LogP contribution < -0.4 is 22.5 Å². The van der Waals surface area contributed by atoms with Crippen molar-refractivity contribution in [3.8, 4) is 0 Å². The summed E-state index contributed by atoms with van der Waals surface area (Å²) in [5.41, 5.74) is -1.17. The van der Waals surface area contributed by atoms with Crippen LogP contribution in [-0.2, 0) is 50.4 Å². The molecular weight excluding hydrogens is 975 g/mol. The lowest BCUT2D eigenvalue weighted by Crippen LogP contribution is -2.48. The van der Waals surface area contributed by atoms with Gasteiger partial charge in [-0.1, -0.05) is 140 Å². The number of nitrogens with one attached hydrogen (secondary N) is 2. The normalized spacial score (nSPS) is 19.7. The lowest BCUT2D eigenvalue weighted by molar-refractivity contribution is -0.0917. The van der Waals surface area contributed by atoms with Crippen molar-refractivity contribution in [3.05, 3.63) is 245 Å². The van der Waals surface area contributed by atoms with Crippen LogP contribution in [0.15, 0.2) is 183 Å². The number of nitrogens with zero attached hydrogens (tertiary/aromatic N) is 3. The summed E-state index contributed by atoms with van der Waals surface area (Å²) in [4.78, 5) is 83.9. The van der Waals surface area contributed by atoms with Gasteiger partial charge in [0, 0.05) is 36.4 Å². The molecule has 2 aliphatic heterocycles. The number of aromatic amines is 2. The first-order valence-electron chi connectivity index (χ1n) is 23.6. The highest BCUT2D eigenvalue weighted by molar-refractivity contribution is 7.84. The molecule has 1 amide bonds. The Morgan fingerprint density at radius 3 is 1.58 bits per heavy atom. The summed E-state index contributed by atoms with van der Waals surface area (Å²) in [6, 6.07) is 44.6. The van der Waals surface area contributed by atoms with Crippen LogP contribution in [0.5, 0.6) is 0 Å². The number of amides is 1. The van der Waals surface area contributed by atoms with Gasteiger partial charge in [0.15, 0.2) is 0 Å². The third-order valence-corrected chi connectivity index (χ3v) is 14.1. The second-order valence-corrected chi connectivity index (χ2v) is 19.2. The number of carbonyl (C=O) groups excluding carboxylic acids is 2. The number of ether oxygens (including phenoxy) is 5. The van der Waals surface area contributed by atoms with E-state index in [1.807, 2.05) is 91.0 Å². The van der Waals surface area contributed by atoms with Crippen LogP contribution in [-0.4, -0.2) is 81.5 Å². The largest absolute Gasteiger partial charge is 0.456 e. The fraction of sp³-hybridized carbons (Fsp3) is 0.259. The number of hydrogen-bond donors (Lipinski definition) is 2. The van der Waals surface area contributed by atoms with E-state index in [0.29, 0.717) is 26.6 Å². The molecule has 6 atom stereocenters. The van der Waals surface area contributed by atoms with Crippen LogP contribution in [0.4, 0.5) is 4.79 Å². The molecule has 4 heterocycles. The van der Waals surface area contributed by atoms with Crippen LogP contribution in [0, 0.1) is 13.8 Å². The van der Waals surface area contributed by atoms with E-state index in [0.717, 1.165) is 9.13 Å². The Morgan fingerprint density at radius 2 is 1.08 bits per heavy atom. The average Bonchev–Trinajstić information content (AvgIpc) is 4.01. The highest BCUT2D eigenvalue weighted by Gasteiger charge is 2.48. The molecule has 7 aromatic rings. The maximum atomic E-state index is 15.1. The van der Waals surface area contributed by atoms with Crippen molar-refractivity contribution in [2.75, 3.05) is 13.2 Å². The lowest BCUT2D eigenvalue weighted by atomic mass is 9.80. The number of hydrogen-bond acceptors (Lipinski definition) is 14. The molecule has 2 fully saturated rings. The topological polar surface area (TPSA) is 237 Å². The highest BCUT2D eigenvalue weighted by atomic mass is 32.2. The van der Waals surface area contributed by atoms with Gasteiger partial charge in [-0.3, -0.25) is 28.7 Å². The van der Waals surface area contributed by atoms with Gasteiger partial charge in [0.1, 0.15) is 49.1 Å². The molecule has 19 nitrogen and oxygen atoms in total. The van der Waals surface area contributed by atoms with Crippen molar-refractivity contribution in [2.45, 2.75) is 75.8 Å². The third-order valence-electron chi connectivity index (χ3n) is 12.8. The molecule has 2 saturated heterocycles. The van der Waals surface area contributed by atoms with Gasteiger partial charge in [0.2, 0.25) is 0 Å². The first kappa shape index (κ1) is 50.9. The molecule has 2 aromatic heterocycles. The van der Waals surface area contributed by atoms with Gasteiger partial charge >= 0.3 is 33.7 Å². The molecule has 2 N–H and O–H groups in total. The van der Waals surface area contributed by atoms with Crippen molar-refractivity contribution in [1.29, 1.82) is 0 Å². The van der Waals surface area contributed by atoms with Gasteiger partial charge < -0.3 is 23.7 Å². The molecule has 20 heteroatoms.